The lowest BCUT2D eigenvalue weighted by Gasteiger charge is -2.23. The van der Waals surface area contributed by atoms with Crippen molar-refractivity contribution in [3.63, 3.8) is 0 Å². The van der Waals surface area contributed by atoms with E-state index in [1.165, 1.54) is 6.92 Å². The van der Waals surface area contributed by atoms with Gasteiger partial charge in [-0.2, -0.15) is 0 Å². The first-order valence-corrected chi connectivity index (χ1v) is 4.44. The number of hydrogen-bond acceptors (Lipinski definition) is 4. The predicted octanol–water partition coefficient (Wildman–Crippen LogP) is -0.328. The Bertz CT molecular complexity index is 178. The summed E-state index contributed by atoms with van der Waals surface area (Å²) in [5, 5.41) is 18.1. The molecule has 0 saturated heterocycles. The van der Waals surface area contributed by atoms with Crippen LogP contribution < -0.4 is 5.73 Å². The van der Waals surface area contributed by atoms with Gasteiger partial charge in [0.25, 0.3) is 0 Å². The predicted molar refractivity (Wildman–Crippen MR) is 50.1 cm³/mol. The van der Waals surface area contributed by atoms with Gasteiger partial charge in [-0.1, -0.05) is 13.8 Å². The van der Waals surface area contributed by atoms with Gasteiger partial charge in [0.1, 0.15) is 5.60 Å². The Morgan fingerprint density at radius 2 is 2.00 bits per heavy atom. The third-order valence-electron chi connectivity index (χ3n) is 1.90. The van der Waals surface area contributed by atoms with Crippen molar-refractivity contribution < 1.29 is 15.0 Å². The van der Waals surface area contributed by atoms with Gasteiger partial charge in [-0.25, -0.2) is 0 Å². The van der Waals surface area contributed by atoms with E-state index in [-0.39, 0.29) is 0 Å². The Labute approximate surface area is 78.7 Å². The Hall–Kier alpha value is -0.450. The zero-order valence-corrected chi connectivity index (χ0v) is 8.45. The molecule has 4 heteroatoms. The molecule has 13 heavy (non-hydrogen) atoms. The van der Waals surface area contributed by atoms with Crippen LogP contribution in [-0.4, -0.2) is 34.2 Å². The quantitative estimate of drug-likeness (QED) is 0.553. The fourth-order valence-corrected chi connectivity index (χ4v) is 1.09. The van der Waals surface area contributed by atoms with E-state index in [2.05, 4.69) is 0 Å². The molecule has 0 bridgehead atoms. The minimum Gasteiger partial charge on any atom is -0.393 e. The lowest BCUT2D eigenvalue weighted by atomic mass is 9.91. The highest BCUT2D eigenvalue weighted by Gasteiger charge is 2.33. The number of ketones is 1. The standard InChI is InChI=1S/C9H19NO3/c1-6(2)4-7(10)8(12)9(3,13)5-11/h6-7,11,13H,4-5,10H2,1-3H3/t7-,9+/m0/s1. The molecule has 0 aliphatic heterocycles. The van der Waals surface area contributed by atoms with Gasteiger partial charge in [0, 0.05) is 0 Å². The topological polar surface area (TPSA) is 83.6 Å². The molecule has 0 aliphatic rings. The van der Waals surface area contributed by atoms with E-state index in [0.717, 1.165) is 0 Å². The van der Waals surface area contributed by atoms with Crippen LogP contribution in [0.2, 0.25) is 0 Å². The van der Waals surface area contributed by atoms with E-state index in [0.29, 0.717) is 12.3 Å². The van der Waals surface area contributed by atoms with E-state index in [1.54, 1.807) is 0 Å². The smallest absolute Gasteiger partial charge is 0.183 e. The third kappa shape index (κ3) is 3.85. The summed E-state index contributed by atoms with van der Waals surface area (Å²) in [5.41, 5.74) is 3.86. The van der Waals surface area contributed by atoms with Crippen LogP contribution in [0.1, 0.15) is 27.2 Å². The molecule has 0 spiro atoms. The normalized spacial score (nSPS) is 18.4. The summed E-state index contributed by atoms with van der Waals surface area (Å²) in [6, 6.07) is -0.692. The van der Waals surface area contributed by atoms with Crippen molar-refractivity contribution >= 4 is 5.78 Å². The molecule has 0 heterocycles. The van der Waals surface area contributed by atoms with Gasteiger partial charge < -0.3 is 15.9 Å². The maximum absolute atomic E-state index is 11.4. The van der Waals surface area contributed by atoms with Crippen LogP contribution in [0.25, 0.3) is 0 Å². The maximum atomic E-state index is 11.4. The summed E-state index contributed by atoms with van der Waals surface area (Å²) in [6.45, 7) is 4.58. The molecule has 0 unspecified atom stereocenters. The first-order valence-electron chi connectivity index (χ1n) is 4.44. The average molecular weight is 189 g/mol. The number of aliphatic hydroxyl groups is 2. The Kier molecular flexibility index (Phi) is 4.53. The van der Waals surface area contributed by atoms with Gasteiger partial charge in [0.2, 0.25) is 0 Å². The summed E-state index contributed by atoms with van der Waals surface area (Å²) in [5.74, 6) is -0.197. The number of nitrogens with two attached hydrogens (primary N) is 1. The highest BCUT2D eigenvalue weighted by atomic mass is 16.3. The van der Waals surface area contributed by atoms with Crippen molar-refractivity contribution in [1.82, 2.24) is 0 Å². The third-order valence-corrected chi connectivity index (χ3v) is 1.90. The molecule has 0 amide bonds. The van der Waals surface area contributed by atoms with Crippen molar-refractivity contribution in [1.29, 1.82) is 0 Å². The molecular weight excluding hydrogens is 170 g/mol. The number of carbonyl (C=O) groups is 1. The molecule has 4 nitrogen and oxygen atoms in total. The van der Waals surface area contributed by atoms with Crippen LogP contribution in [-0.2, 0) is 4.79 Å². The van der Waals surface area contributed by atoms with E-state index in [1.807, 2.05) is 13.8 Å². The molecular formula is C9H19NO3. The van der Waals surface area contributed by atoms with Crippen molar-refractivity contribution in [3.05, 3.63) is 0 Å². The molecule has 78 valence electrons. The van der Waals surface area contributed by atoms with Gasteiger partial charge >= 0.3 is 0 Å². The number of rotatable bonds is 5. The molecule has 0 aromatic heterocycles. The molecule has 4 N–H and O–H groups in total. The number of carbonyl (C=O) groups excluding carboxylic acids is 1. The van der Waals surface area contributed by atoms with Gasteiger partial charge in [-0.15, -0.1) is 0 Å². The van der Waals surface area contributed by atoms with Crippen LogP contribution in [0.4, 0.5) is 0 Å². The maximum Gasteiger partial charge on any atom is 0.183 e. The average Bonchev–Trinajstić information content (AvgIpc) is 2.01. The molecule has 0 fully saturated rings. The van der Waals surface area contributed by atoms with E-state index < -0.39 is 24.0 Å². The van der Waals surface area contributed by atoms with Crippen LogP contribution in [0.5, 0.6) is 0 Å². The van der Waals surface area contributed by atoms with Gasteiger partial charge in [0.05, 0.1) is 12.6 Å². The summed E-state index contributed by atoms with van der Waals surface area (Å²) in [6.07, 6.45) is 0.523. The fourth-order valence-electron chi connectivity index (χ4n) is 1.09. The van der Waals surface area contributed by atoms with Crippen molar-refractivity contribution in [3.8, 4) is 0 Å². The summed E-state index contributed by atoms with van der Waals surface area (Å²) in [7, 11) is 0. The van der Waals surface area contributed by atoms with E-state index >= 15 is 0 Å². The van der Waals surface area contributed by atoms with Gasteiger partial charge in [0.15, 0.2) is 5.78 Å². The second-order valence-corrected chi connectivity index (χ2v) is 4.03. The van der Waals surface area contributed by atoms with Gasteiger partial charge in [-0.3, -0.25) is 4.79 Å². The van der Waals surface area contributed by atoms with E-state index in [9.17, 15) is 9.90 Å². The zero-order valence-electron chi connectivity index (χ0n) is 8.45. The second kappa shape index (κ2) is 4.69. The van der Waals surface area contributed by atoms with Crippen LogP contribution in [0, 0.1) is 5.92 Å². The molecule has 0 radical (unpaired) electrons. The first-order chi connectivity index (χ1) is 5.81. The zero-order chi connectivity index (χ0) is 10.6. The lowest BCUT2D eigenvalue weighted by molar-refractivity contribution is -0.141. The summed E-state index contributed by atoms with van der Waals surface area (Å²) in [4.78, 5) is 11.4. The molecule has 0 aliphatic carbocycles. The Morgan fingerprint density at radius 3 is 2.31 bits per heavy atom. The Morgan fingerprint density at radius 1 is 1.54 bits per heavy atom. The molecule has 0 aromatic rings. The molecule has 0 rings (SSSR count). The van der Waals surface area contributed by atoms with Crippen LogP contribution >= 0.6 is 0 Å². The highest BCUT2D eigenvalue weighted by Crippen LogP contribution is 2.11. The number of aliphatic hydroxyl groups excluding tert-OH is 1. The largest absolute Gasteiger partial charge is 0.393 e. The first kappa shape index (κ1) is 12.6. The second-order valence-electron chi connectivity index (χ2n) is 4.03. The van der Waals surface area contributed by atoms with Crippen molar-refractivity contribution in [2.24, 2.45) is 11.7 Å². The summed E-state index contributed by atoms with van der Waals surface area (Å²) >= 11 is 0. The number of Topliss-reactive ketones (excluding diaryl/α,β-unsaturated/α-hetero) is 1. The minimum absolute atomic E-state index is 0.299. The van der Waals surface area contributed by atoms with Crippen molar-refractivity contribution in [2.75, 3.05) is 6.61 Å². The van der Waals surface area contributed by atoms with Gasteiger partial charge in [-0.05, 0) is 19.3 Å². The Balaban J connectivity index is 4.25. The van der Waals surface area contributed by atoms with Crippen LogP contribution in [0.15, 0.2) is 0 Å². The minimum atomic E-state index is -1.70. The highest BCUT2D eigenvalue weighted by molar-refractivity contribution is 5.91. The molecule has 0 aromatic carbocycles. The molecule has 0 saturated carbocycles. The van der Waals surface area contributed by atoms with Crippen molar-refractivity contribution in [2.45, 2.75) is 38.8 Å². The number of hydrogen-bond donors (Lipinski definition) is 3. The molecule has 2 atom stereocenters. The van der Waals surface area contributed by atoms with E-state index in [4.69, 9.17) is 10.8 Å². The SMILES string of the molecule is CC(C)C[C@H](N)C(=O)[C@](C)(O)CO. The van der Waals surface area contributed by atoms with Crippen LogP contribution in [0.3, 0.4) is 0 Å². The fraction of sp³-hybridized carbons (Fsp3) is 0.889. The summed E-state index contributed by atoms with van der Waals surface area (Å²) < 4.78 is 0. The monoisotopic (exact) mass is 189 g/mol. The lowest BCUT2D eigenvalue weighted by Crippen LogP contribution is -2.49.